The Labute approximate surface area is 114 Å². The lowest BCUT2D eigenvalue weighted by Gasteiger charge is -2.37. The molecule has 0 aromatic rings. The van der Waals surface area contributed by atoms with Gasteiger partial charge in [0.15, 0.2) is 0 Å². The summed E-state index contributed by atoms with van der Waals surface area (Å²) < 4.78 is 0. The molecular weight excluding hydrogens is 242 g/mol. The number of amides is 2. The molecule has 2 aliphatic heterocycles. The van der Waals surface area contributed by atoms with E-state index in [2.05, 4.69) is 10.6 Å². The molecule has 3 aliphatic rings. The van der Waals surface area contributed by atoms with Crippen LogP contribution in [0, 0.1) is 11.3 Å². The van der Waals surface area contributed by atoms with Crippen molar-refractivity contribution in [3.05, 3.63) is 0 Å². The van der Waals surface area contributed by atoms with Gasteiger partial charge in [-0.05, 0) is 25.3 Å². The number of hydrogen-bond acceptors (Lipinski definition) is 3. The molecule has 1 saturated carbocycles. The maximum absolute atomic E-state index is 12.7. The Balaban J connectivity index is 1.68. The minimum Gasteiger partial charge on any atom is -0.351 e. The first-order valence-electron chi connectivity index (χ1n) is 7.37. The van der Waals surface area contributed by atoms with Gasteiger partial charge in [-0.3, -0.25) is 9.59 Å². The summed E-state index contributed by atoms with van der Waals surface area (Å²) in [4.78, 5) is 25.9. The van der Waals surface area contributed by atoms with Crippen molar-refractivity contribution in [2.24, 2.45) is 11.3 Å². The molecule has 1 aliphatic carbocycles. The highest BCUT2D eigenvalue weighted by Crippen LogP contribution is 2.44. The monoisotopic (exact) mass is 265 g/mol. The standard InChI is InChI=1S/C14H23N3O2/c1-17-8-11(6-12(17)18)16-13(19)14-5-3-2-4-10(14)7-15-9-14/h10-11,15H,2-9H2,1H3,(H,16,19)/t10-,11?,14+/m0/s1. The molecule has 19 heavy (non-hydrogen) atoms. The molecule has 5 nitrogen and oxygen atoms in total. The predicted octanol–water partition coefficient (Wildman–Crippen LogP) is 0.113. The van der Waals surface area contributed by atoms with E-state index in [1.807, 2.05) is 0 Å². The number of fused-ring (bicyclic) bond motifs is 1. The summed E-state index contributed by atoms with van der Waals surface area (Å²) in [7, 11) is 1.80. The van der Waals surface area contributed by atoms with Crippen LogP contribution < -0.4 is 10.6 Å². The third-order valence-corrected chi connectivity index (χ3v) is 5.17. The third-order valence-electron chi connectivity index (χ3n) is 5.17. The zero-order chi connectivity index (χ0) is 13.5. The topological polar surface area (TPSA) is 61.4 Å². The summed E-state index contributed by atoms with van der Waals surface area (Å²) in [5.74, 6) is 0.791. The van der Waals surface area contributed by atoms with Crippen LogP contribution in [-0.2, 0) is 9.59 Å². The summed E-state index contributed by atoms with van der Waals surface area (Å²) in [5, 5.41) is 6.52. The van der Waals surface area contributed by atoms with Crippen LogP contribution in [0.5, 0.6) is 0 Å². The van der Waals surface area contributed by atoms with E-state index in [-0.39, 0.29) is 23.3 Å². The highest BCUT2D eigenvalue weighted by molar-refractivity contribution is 5.86. The van der Waals surface area contributed by atoms with Crippen molar-refractivity contribution < 1.29 is 9.59 Å². The van der Waals surface area contributed by atoms with Crippen LogP contribution >= 0.6 is 0 Å². The van der Waals surface area contributed by atoms with E-state index in [0.29, 0.717) is 18.9 Å². The number of carbonyl (C=O) groups excluding carboxylic acids is 2. The Kier molecular flexibility index (Phi) is 3.25. The first kappa shape index (κ1) is 12.9. The normalized spacial score (nSPS) is 38.4. The maximum atomic E-state index is 12.7. The molecule has 0 spiro atoms. The molecule has 0 bridgehead atoms. The van der Waals surface area contributed by atoms with Crippen LogP contribution in [0.2, 0.25) is 0 Å². The van der Waals surface area contributed by atoms with Gasteiger partial charge in [-0.25, -0.2) is 0 Å². The van der Waals surface area contributed by atoms with Gasteiger partial charge in [0.1, 0.15) is 0 Å². The molecule has 5 heteroatoms. The Bertz CT molecular complexity index is 398. The molecule has 2 amide bonds. The van der Waals surface area contributed by atoms with E-state index in [4.69, 9.17) is 0 Å². The van der Waals surface area contributed by atoms with Gasteiger partial charge < -0.3 is 15.5 Å². The lowest BCUT2D eigenvalue weighted by Crippen LogP contribution is -2.51. The predicted molar refractivity (Wildman–Crippen MR) is 71.4 cm³/mol. The molecule has 2 saturated heterocycles. The van der Waals surface area contributed by atoms with Crippen LogP contribution in [0.4, 0.5) is 0 Å². The Hall–Kier alpha value is -1.10. The summed E-state index contributed by atoms with van der Waals surface area (Å²) in [6, 6.07) is 0.00236. The number of hydrogen-bond donors (Lipinski definition) is 2. The average Bonchev–Trinajstić information content (AvgIpc) is 2.94. The van der Waals surface area contributed by atoms with Crippen molar-refractivity contribution in [2.75, 3.05) is 26.7 Å². The van der Waals surface area contributed by atoms with Crippen molar-refractivity contribution in [3.63, 3.8) is 0 Å². The summed E-state index contributed by atoms with van der Waals surface area (Å²) in [6.45, 7) is 2.43. The second-order valence-electron chi connectivity index (χ2n) is 6.38. The Morgan fingerprint density at radius 2 is 2.32 bits per heavy atom. The van der Waals surface area contributed by atoms with E-state index in [0.717, 1.165) is 32.4 Å². The minimum atomic E-state index is -0.206. The van der Waals surface area contributed by atoms with E-state index >= 15 is 0 Å². The van der Waals surface area contributed by atoms with E-state index in [1.165, 1.54) is 6.42 Å². The second-order valence-corrected chi connectivity index (χ2v) is 6.38. The van der Waals surface area contributed by atoms with Gasteiger partial charge in [-0.2, -0.15) is 0 Å². The number of nitrogens with one attached hydrogen (secondary N) is 2. The van der Waals surface area contributed by atoms with E-state index in [9.17, 15) is 9.59 Å². The number of likely N-dealkylation sites (N-methyl/N-ethyl adjacent to an activating group) is 1. The van der Waals surface area contributed by atoms with Crippen LogP contribution in [0.1, 0.15) is 32.1 Å². The molecule has 3 rings (SSSR count). The number of likely N-dealkylation sites (tertiary alicyclic amines) is 1. The number of nitrogens with zero attached hydrogens (tertiary/aromatic N) is 1. The van der Waals surface area contributed by atoms with Crippen molar-refractivity contribution in [2.45, 2.75) is 38.1 Å². The fourth-order valence-corrected chi connectivity index (χ4v) is 3.98. The number of rotatable bonds is 2. The quantitative estimate of drug-likeness (QED) is 0.745. The van der Waals surface area contributed by atoms with Gasteiger partial charge in [-0.15, -0.1) is 0 Å². The van der Waals surface area contributed by atoms with Crippen LogP contribution in [0.15, 0.2) is 0 Å². The molecule has 0 aromatic carbocycles. The smallest absolute Gasteiger partial charge is 0.228 e. The van der Waals surface area contributed by atoms with Crippen LogP contribution in [0.3, 0.4) is 0 Å². The Morgan fingerprint density at radius 3 is 3.05 bits per heavy atom. The van der Waals surface area contributed by atoms with E-state index < -0.39 is 0 Å². The lowest BCUT2D eigenvalue weighted by atomic mass is 9.67. The maximum Gasteiger partial charge on any atom is 0.228 e. The molecule has 1 unspecified atom stereocenters. The summed E-state index contributed by atoms with van der Waals surface area (Å²) in [5.41, 5.74) is -0.206. The fraction of sp³-hybridized carbons (Fsp3) is 0.857. The van der Waals surface area contributed by atoms with Crippen molar-refractivity contribution >= 4 is 11.8 Å². The first-order valence-corrected chi connectivity index (χ1v) is 7.37. The molecule has 0 aromatic heterocycles. The zero-order valence-corrected chi connectivity index (χ0v) is 11.6. The molecule has 3 atom stereocenters. The fourth-order valence-electron chi connectivity index (χ4n) is 3.98. The van der Waals surface area contributed by atoms with Crippen molar-refractivity contribution in [1.82, 2.24) is 15.5 Å². The average molecular weight is 265 g/mol. The highest BCUT2D eigenvalue weighted by Gasteiger charge is 2.50. The first-order chi connectivity index (χ1) is 9.12. The SMILES string of the molecule is CN1CC(NC(=O)[C@@]23CCCC[C@H]2CNC3)CC1=O. The highest BCUT2D eigenvalue weighted by atomic mass is 16.2. The molecule has 3 fully saturated rings. The van der Waals surface area contributed by atoms with Gasteiger partial charge in [0.2, 0.25) is 11.8 Å². The molecule has 0 radical (unpaired) electrons. The molecule has 2 heterocycles. The second kappa shape index (κ2) is 4.78. The summed E-state index contributed by atoms with van der Waals surface area (Å²) >= 11 is 0. The molecule has 2 N–H and O–H groups in total. The largest absolute Gasteiger partial charge is 0.351 e. The zero-order valence-electron chi connectivity index (χ0n) is 11.6. The van der Waals surface area contributed by atoms with Crippen LogP contribution in [-0.4, -0.2) is 49.4 Å². The molecule has 106 valence electrons. The number of carbonyl (C=O) groups is 2. The van der Waals surface area contributed by atoms with Gasteiger partial charge in [-0.1, -0.05) is 12.8 Å². The van der Waals surface area contributed by atoms with Crippen molar-refractivity contribution in [3.8, 4) is 0 Å². The van der Waals surface area contributed by atoms with E-state index in [1.54, 1.807) is 11.9 Å². The van der Waals surface area contributed by atoms with Crippen LogP contribution in [0.25, 0.3) is 0 Å². The lowest BCUT2D eigenvalue weighted by molar-refractivity contribution is -0.134. The van der Waals surface area contributed by atoms with Gasteiger partial charge in [0.05, 0.1) is 11.5 Å². The molecular formula is C14H23N3O2. The minimum absolute atomic E-state index is 0.00236. The van der Waals surface area contributed by atoms with Gasteiger partial charge in [0, 0.05) is 26.6 Å². The van der Waals surface area contributed by atoms with Crippen molar-refractivity contribution in [1.29, 1.82) is 0 Å². The summed E-state index contributed by atoms with van der Waals surface area (Å²) in [6.07, 6.45) is 4.99. The van der Waals surface area contributed by atoms with Gasteiger partial charge in [0.25, 0.3) is 0 Å². The Morgan fingerprint density at radius 1 is 1.47 bits per heavy atom. The third kappa shape index (κ3) is 2.14. The van der Waals surface area contributed by atoms with Gasteiger partial charge >= 0.3 is 0 Å².